The number of pyridine rings is 1. The van der Waals surface area contributed by atoms with Gasteiger partial charge in [0.15, 0.2) is 17.5 Å². The zero-order valence-electron chi connectivity index (χ0n) is 15.3. The first kappa shape index (κ1) is 20.7. The number of ether oxygens (including phenoxy) is 1. The van der Waals surface area contributed by atoms with Gasteiger partial charge in [-0.2, -0.15) is 4.68 Å². The van der Waals surface area contributed by atoms with Gasteiger partial charge < -0.3 is 14.6 Å². The molecule has 8 nitrogen and oxygen atoms in total. The van der Waals surface area contributed by atoms with E-state index in [4.69, 9.17) is 19.8 Å². The highest BCUT2D eigenvalue weighted by atomic mass is 35.5. The molecule has 2 aliphatic rings. The third-order valence-corrected chi connectivity index (χ3v) is 4.93. The maximum atomic E-state index is 5.52. The molecule has 28 heavy (non-hydrogen) atoms. The van der Waals surface area contributed by atoms with Crippen molar-refractivity contribution in [3.63, 3.8) is 0 Å². The molecule has 1 atom stereocenters. The zero-order chi connectivity index (χ0) is 17.3. The number of nitrogens with zero attached hydrogens (tertiary/aromatic N) is 6. The lowest BCUT2D eigenvalue weighted by Gasteiger charge is -2.02. The minimum absolute atomic E-state index is 0. The third kappa shape index (κ3) is 3.91. The molecular formula is C18H23Cl2N7O. The molecule has 0 bridgehead atoms. The second-order valence-electron chi connectivity index (χ2n) is 6.69. The molecule has 150 valence electrons. The van der Waals surface area contributed by atoms with Crippen molar-refractivity contribution in [2.45, 2.75) is 25.3 Å². The molecule has 0 aromatic carbocycles. The fourth-order valence-electron chi connectivity index (χ4n) is 3.52. The maximum absolute atomic E-state index is 5.52. The number of hydrogen-bond acceptors (Lipinski definition) is 6. The fourth-order valence-corrected chi connectivity index (χ4v) is 3.52. The Morgan fingerprint density at radius 3 is 2.86 bits per heavy atom. The minimum Gasteiger partial charge on any atom is -0.381 e. The largest absolute Gasteiger partial charge is 0.381 e. The molecule has 1 fully saturated rings. The highest BCUT2D eigenvalue weighted by molar-refractivity contribution is 5.85. The van der Waals surface area contributed by atoms with Crippen LogP contribution in [-0.2, 0) is 17.7 Å². The van der Waals surface area contributed by atoms with E-state index in [2.05, 4.69) is 21.1 Å². The number of nitrogens with one attached hydrogen (secondary N) is 1. The van der Waals surface area contributed by atoms with Crippen molar-refractivity contribution >= 4 is 24.8 Å². The van der Waals surface area contributed by atoms with E-state index >= 15 is 0 Å². The molecule has 3 aromatic heterocycles. The van der Waals surface area contributed by atoms with Crippen molar-refractivity contribution in [2.75, 3.05) is 26.3 Å². The van der Waals surface area contributed by atoms with Gasteiger partial charge in [-0.3, -0.25) is 0 Å². The van der Waals surface area contributed by atoms with Gasteiger partial charge in [0.1, 0.15) is 11.5 Å². The lowest BCUT2D eigenvalue weighted by molar-refractivity contribution is 0.193. The summed E-state index contributed by atoms with van der Waals surface area (Å²) in [6.45, 7) is 4.28. The van der Waals surface area contributed by atoms with E-state index in [1.54, 1.807) is 6.20 Å². The first-order valence-electron chi connectivity index (χ1n) is 9.12. The van der Waals surface area contributed by atoms with Gasteiger partial charge in [0.05, 0.1) is 6.61 Å². The van der Waals surface area contributed by atoms with E-state index in [0.717, 1.165) is 68.1 Å². The van der Waals surface area contributed by atoms with Gasteiger partial charge in [-0.15, -0.1) is 29.9 Å². The average molecular weight is 424 g/mol. The Bertz CT molecular complexity index is 883. The van der Waals surface area contributed by atoms with Gasteiger partial charge in [-0.05, 0) is 18.6 Å². The molecule has 1 unspecified atom stereocenters. The Labute approximate surface area is 175 Å². The van der Waals surface area contributed by atoms with E-state index < -0.39 is 0 Å². The summed E-state index contributed by atoms with van der Waals surface area (Å²) in [4.78, 5) is 14.2. The summed E-state index contributed by atoms with van der Waals surface area (Å²) >= 11 is 0. The molecule has 3 aromatic rings. The standard InChI is InChI=1S/C18H21N7O.2ClH/c1-2-6-20-15(3-1)25-18(22-17(23-25)13-5-10-26-12-13)14-11-24-9-8-19-7-4-16(24)21-14;;/h1-3,6,11,13,19H,4-5,7-10,12H2;2*1H. The van der Waals surface area contributed by atoms with Crippen LogP contribution in [0.3, 0.4) is 0 Å². The SMILES string of the molecule is Cl.Cl.c1ccc(-n2nc(C3CCOC3)nc2-c2cn3c(n2)CCNCC3)nc1. The fraction of sp³-hybridized carbons (Fsp3) is 0.444. The Balaban J connectivity index is 0.00000112. The zero-order valence-corrected chi connectivity index (χ0v) is 17.0. The quantitative estimate of drug-likeness (QED) is 0.693. The Hall–Kier alpha value is -2.00. The molecule has 2 aliphatic heterocycles. The molecule has 0 amide bonds. The van der Waals surface area contributed by atoms with Gasteiger partial charge >= 0.3 is 0 Å². The van der Waals surface area contributed by atoms with Crippen LogP contribution in [0.25, 0.3) is 17.3 Å². The Kier molecular flexibility index (Phi) is 6.66. The van der Waals surface area contributed by atoms with Crippen LogP contribution >= 0.6 is 24.8 Å². The van der Waals surface area contributed by atoms with Crippen LogP contribution < -0.4 is 5.32 Å². The van der Waals surface area contributed by atoms with Crippen molar-refractivity contribution in [2.24, 2.45) is 0 Å². The van der Waals surface area contributed by atoms with Crippen LogP contribution in [0.15, 0.2) is 30.6 Å². The average Bonchev–Trinajstić information content (AvgIpc) is 3.39. The van der Waals surface area contributed by atoms with Gasteiger partial charge in [-0.25, -0.2) is 15.0 Å². The van der Waals surface area contributed by atoms with Crippen LogP contribution in [-0.4, -0.2) is 55.6 Å². The van der Waals surface area contributed by atoms with E-state index in [1.807, 2.05) is 22.9 Å². The number of imidazole rings is 1. The molecule has 10 heteroatoms. The van der Waals surface area contributed by atoms with E-state index in [0.29, 0.717) is 6.61 Å². The van der Waals surface area contributed by atoms with Crippen LogP contribution in [0, 0.1) is 0 Å². The Morgan fingerprint density at radius 2 is 2.07 bits per heavy atom. The van der Waals surface area contributed by atoms with Crippen molar-refractivity contribution in [1.29, 1.82) is 0 Å². The van der Waals surface area contributed by atoms with E-state index in [9.17, 15) is 0 Å². The van der Waals surface area contributed by atoms with Gasteiger partial charge in [0.25, 0.3) is 0 Å². The third-order valence-electron chi connectivity index (χ3n) is 4.93. The molecule has 1 saturated heterocycles. The monoisotopic (exact) mass is 423 g/mol. The molecule has 1 N–H and O–H groups in total. The Morgan fingerprint density at radius 1 is 1.14 bits per heavy atom. The minimum atomic E-state index is 0. The van der Waals surface area contributed by atoms with Crippen molar-refractivity contribution in [3.05, 3.63) is 42.2 Å². The lowest BCUT2D eigenvalue weighted by Crippen LogP contribution is -2.17. The van der Waals surface area contributed by atoms with Gasteiger partial charge in [-0.1, -0.05) is 6.07 Å². The van der Waals surface area contributed by atoms with Gasteiger partial charge in [0.2, 0.25) is 0 Å². The summed E-state index contributed by atoms with van der Waals surface area (Å²) in [5, 5.41) is 8.17. The van der Waals surface area contributed by atoms with E-state index in [1.165, 1.54) is 0 Å². The number of rotatable bonds is 3. The summed E-state index contributed by atoms with van der Waals surface area (Å²) in [6.07, 6.45) is 5.73. The van der Waals surface area contributed by atoms with Crippen molar-refractivity contribution < 1.29 is 4.74 Å². The first-order valence-corrected chi connectivity index (χ1v) is 9.12. The summed E-state index contributed by atoms with van der Waals surface area (Å²) in [7, 11) is 0. The molecular weight excluding hydrogens is 401 g/mol. The number of aromatic nitrogens is 6. The first-order chi connectivity index (χ1) is 12.9. The maximum Gasteiger partial charge on any atom is 0.185 e. The summed E-state index contributed by atoms with van der Waals surface area (Å²) in [5.74, 6) is 3.65. The molecule has 0 aliphatic carbocycles. The highest BCUT2D eigenvalue weighted by Gasteiger charge is 2.26. The predicted octanol–water partition coefficient (Wildman–Crippen LogP) is 2.02. The molecule has 5 rings (SSSR count). The molecule has 0 saturated carbocycles. The van der Waals surface area contributed by atoms with E-state index in [-0.39, 0.29) is 30.7 Å². The molecule has 0 radical (unpaired) electrons. The number of halogens is 2. The summed E-state index contributed by atoms with van der Waals surface area (Å²) in [5.41, 5.74) is 0.852. The molecule has 0 spiro atoms. The smallest absolute Gasteiger partial charge is 0.185 e. The van der Waals surface area contributed by atoms with Crippen LogP contribution in [0.5, 0.6) is 0 Å². The highest BCUT2D eigenvalue weighted by Crippen LogP contribution is 2.27. The number of fused-ring (bicyclic) bond motifs is 1. The van der Waals surface area contributed by atoms with Crippen LogP contribution in [0.1, 0.15) is 24.0 Å². The predicted molar refractivity (Wildman–Crippen MR) is 110 cm³/mol. The van der Waals surface area contributed by atoms with Crippen LogP contribution in [0.4, 0.5) is 0 Å². The van der Waals surface area contributed by atoms with Crippen molar-refractivity contribution in [3.8, 4) is 17.3 Å². The van der Waals surface area contributed by atoms with Crippen LogP contribution in [0.2, 0.25) is 0 Å². The number of hydrogen-bond donors (Lipinski definition) is 1. The summed E-state index contributed by atoms with van der Waals surface area (Å²) in [6, 6.07) is 5.80. The second kappa shape index (κ2) is 9.00. The summed E-state index contributed by atoms with van der Waals surface area (Å²) < 4.78 is 9.55. The normalized spacial score (nSPS) is 18.6. The topological polar surface area (TPSA) is 82.7 Å². The lowest BCUT2D eigenvalue weighted by atomic mass is 10.1. The van der Waals surface area contributed by atoms with Crippen molar-refractivity contribution in [1.82, 2.24) is 34.6 Å². The second-order valence-corrected chi connectivity index (χ2v) is 6.69. The van der Waals surface area contributed by atoms with Gasteiger partial charge in [0, 0.05) is 51.0 Å². The molecule has 5 heterocycles.